The molecule has 8 heteroatoms. The number of hydrazone groups is 1. The lowest BCUT2D eigenvalue weighted by atomic mass is 10.0. The summed E-state index contributed by atoms with van der Waals surface area (Å²) >= 11 is 0. The number of anilines is 1. The molecule has 0 spiro atoms. The van der Waals surface area contributed by atoms with E-state index < -0.39 is 6.03 Å². The minimum Gasteiger partial charge on any atom is -0.306 e. The van der Waals surface area contributed by atoms with Gasteiger partial charge in [0.15, 0.2) is 5.65 Å². The Kier molecular flexibility index (Phi) is 5.06. The highest BCUT2D eigenvalue weighted by atomic mass is 19.1. The van der Waals surface area contributed by atoms with Crippen LogP contribution in [0.2, 0.25) is 0 Å². The van der Waals surface area contributed by atoms with Gasteiger partial charge in [-0.25, -0.2) is 23.7 Å². The van der Waals surface area contributed by atoms with Gasteiger partial charge in [0.1, 0.15) is 11.5 Å². The summed E-state index contributed by atoms with van der Waals surface area (Å²) in [6, 6.07) is 16.3. The van der Waals surface area contributed by atoms with Gasteiger partial charge in [0.2, 0.25) is 0 Å². The number of carbonyl (C=O) groups excluding carboxylic acids is 1. The Bertz CT molecular complexity index is 1400. The van der Waals surface area contributed by atoms with Crippen LogP contribution in [-0.4, -0.2) is 31.9 Å². The molecule has 0 unspecified atom stereocenters. The van der Waals surface area contributed by atoms with Crippen molar-refractivity contribution in [3.8, 4) is 11.8 Å². The van der Waals surface area contributed by atoms with Gasteiger partial charge in [-0.3, -0.25) is 0 Å². The number of imidazole rings is 1. The monoisotopic (exact) mass is 424 g/mol. The number of rotatable bonds is 2. The van der Waals surface area contributed by atoms with Crippen molar-refractivity contribution in [2.24, 2.45) is 5.10 Å². The van der Waals surface area contributed by atoms with Crippen molar-refractivity contribution in [3.63, 3.8) is 0 Å². The second-order valence-corrected chi connectivity index (χ2v) is 7.15. The summed E-state index contributed by atoms with van der Waals surface area (Å²) in [7, 11) is 0. The Balaban J connectivity index is 1.33. The molecule has 7 nitrogen and oxygen atoms in total. The van der Waals surface area contributed by atoms with Crippen molar-refractivity contribution in [3.05, 3.63) is 95.7 Å². The van der Waals surface area contributed by atoms with Crippen molar-refractivity contribution in [1.82, 2.24) is 19.6 Å². The molecular weight excluding hydrogens is 407 g/mol. The molecule has 1 aliphatic heterocycles. The van der Waals surface area contributed by atoms with E-state index in [0.717, 1.165) is 11.2 Å². The lowest BCUT2D eigenvalue weighted by Crippen LogP contribution is -2.31. The molecule has 2 aromatic carbocycles. The molecule has 0 saturated carbocycles. The normalized spacial score (nSPS) is 14.9. The largest absolute Gasteiger partial charge is 0.342 e. The number of nitrogens with zero attached hydrogens (tertiary/aromatic N) is 5. The molecule has 32 heavy (non-hydrogen) atoms. The van der Waals surface area contributed by atoms with Gasteiger partial charge in [-0.15, -0.1) is 0 Å². The Morgan fingerprint density at radius 1 is 1.09 bits per heavy atom. The topological polar surface area (TPSA) is 74.9 Å². The van der Waals surface area contributed by atoms with E-state index in [1.165, 1.54) is 17.1 Å². The molecule has 156 valence electrons. The van der Waals surface area contributed by atoms with Crippen molar-refractivity contribution in [2.45, 2.75) is 12.5 Å². The van der Waals surface area contributed by atoms with E-state index in [1.54, 1.807) is 47.4 Å². The number of fused-ring (bicyclic) bond motifs is 1. The maximum Gasteiger partial charge on any atom is 0.342 e. The Morgan fingerprint density at radius 2 is 2.00 bits per heavy atom. The van der Waals surface area contributed by atoms with Crippen molar-refractivity contribution < 1.29 is 9.18 Å². The number of nitrogens with one attached hydrogen (secondary N) is 1. The molecule has 0 bridgehead atoms. The van der Waals surface area contributed by atoms with E-state index in [4.69, 9.17) is 0 Å². The molecule has 0 radical (unpaired) electrons. The summed E-state index contributed by atoms with van der Waals surface area (Å²) in [5.41, 5.74) is 3.38. The number of benzene rings is 2. The van der Waals surface area contributed by atoms with E-state index >= 15 is 0 Å². The fraction of sp³-hybridized carbons (Fsp3) is 0.0833. The third kappa shape index (κ3) is 3.91. The average Bonchev–Trinajstić information content (AvgIpc) is 3.46. The van der Waals surface area contributed by atoms with Crippen LogP contribution in [0.5, 0.6) is 0 Å². The molecule has 1 aliphatic rings. The van der Waals surface area contributed by atoms with Gasteiger partial charge in [-0.1, -0.05) is 24.1 Å². The number of amides is 2. The molecule has 3 heterocycles. The van der Waals surface area contributed by atoms with Crippen LogP contribution in [0, 0.1) is 17.7 Å². The van der Waals surface area contributed by atoms with E-state index in [0.29, 0.717) is 23.4 Å². The van der Waals surface area contributed by atoms with Crippen LogP contribution in [0.3, 0.4) is 0 Å². The Morgan fingerprint density at radius 3 is 2.91 bits per heavy atom. The summed E-state index contributed by atoms with van der Waals surface area (Å²) < 4.78 is 15.3. The lowest BCUT2D eigenvalue weighted by molar-refractivity contribution is 0.200. The van der Waals surface area contributed by atoms with Gasteiger partial charge < -0.3 is 5.32 Å². The second-order valence-electron chi connectivity index (χ2n) is 7.15. The standard InChI is InChI=1S/C24H17FN6O/c25-19-6-2-5-18(15-19)22-11-13-28-31(22)24(32)29-20-7-1-4-17(14-20)9-10-21-16-26-23-8-3-12-27-30(21)23/h1-8,12-16,22H,11H2,(H,29,32)/t22-/m0/s1. The van der Waals surface area contributed by atoms with Gasteiger partial charge in [-0.2, -0.15) is 10.2 Å². The highest BCUT2D eigenvalue weighted by Gasteiger charge is 2.28. The first kappa shape index (κ1) is 19.5. The van der Waals surface area contributed by atoms with Gasteiger partial charge in [0, 0.05) is 30.1 Å². The molecule has 0 fully saturated rings. The van der Waals surface area contributed by atoms with Gasteiger partial charge >= 0.3 is 6.03 Å². The SMILES string of the molecule is O=C(Nc1cccc(C#Cc2cnc3cccnn23)c1)N1N=CC[C@H]1c1cccc(F)c1. The summed E-state index contributed by atoms with van der Waals surface area (Å²) in [6.45, 7) is 0. The maximum absolute atomic E-state index is 13.6. The van der Waals surface area contributed by atoms with Crippen LogP contribution in [-0.2, 0) is 0 Å². The van der Waals surface area contributed by atoms with Gasteiger partial charge in [-0.05, 0) is 53.9 Å². The average molecular weight is 424 g/mol. The number of urea groups is 1. The highest BCUT2D eigenvalue weighted by Crippen LogP contribution is 2.29. The summed E-state index contributed by atoms with van der Waals surface area (Å²) in [5.74, 6) is 5.79. The van der Waals surface area contributed by atoms with Crippen molar-refractivity contribution in [2.75, 3.05) is 5.32 Å². The Labute approximate surface area is 183 Å². The molecule has 4 aromatic rings. The summed E-state index contributed by atoms with van der Waals surface area (Å²) in [6.07, 6.45) is 5.52. The van der Waals surface area contributed by atoms with Crippen molar-refractivity contribution >= 4 is 23.6 Å². The number of hydrogen-bond acceptors (Lipinski definition) is 4. The van der Waals surface area contributed by atoms with E-state index in [1.807, 2.05) is 24.3 Å². The molecular formula is C24H17FN6O. The fourth-order valence-corrected chi connectivity index (χ4v) is 3.51. The van der Waals surface area contributed by atoms with E-state index in [-0.39, 0.29) is 11.9 Å². The van der Waals surface area contributed by atoms with Crippen LogP contribution in [0.25, 0.3) is 5.65 Å². The fourth-order valence-electron chi connectivity index (χ4n) is 3.51. The quantitative estimate of drug-likeness (QED) is 0.489. The third-order valence-electron chi connectivity index (χ3n) is 5.00. The van der Waals surface area contributed by atoms with Crippen LogP contribution >= 0.6 is 0 Å². The molecule has 1 atom stereocenters. The number of halogens is 1. The third-order valence-corrected chi connectivity index (χ3v) is 5.00. The summed E-state index contributed by atoms with van der Waals surface area (Å²) in [4.78, 5) is 17.1. The van der Waals surface area contributed by atoms with Crippen LogP contribution < -0.4 is 5.32 Å². The van der Waals surface area contributed by atoms with Gasteiger partial charge in [0.25, 0.3) is 0 Å². The highest BCUT2D eigenvalue weighted by molar-refractivity contribution is 5.91. The molecule has 0 aliphatic carbocycles. The predicted molar refractivity (Wildman–Crippen MR) is 119 cm³/mol. The maximum atomic E-state index is 13.6. The van der Waals surface area contributed by atoms with Crippen LogP contribution in [0.15, 0.2) is 78.2 Å². The molecule has 5 rings (SSSR count). The minimum atomic E-state index is -0.399. The molecule has 0 saturated heterocycles. The first-order valence-corrected chi connectivity index (χ1v) is 9.96. The van der Waals surface area contributed by atoms with E-state index in [2.05, 4.69) is 32.3 Å². The first-order chi connectivity index (χ1) is 15.7. The summed E-state index contributed by atoms with van der Waals surface area (Å²) in [5, 5.41) is 12.6. The second kappa shape index (κ2) is 8.32. The van der Waals surface area contributed by atoms with Crippen LogP contribution in [0.4, 0.5) is 14.9 Å². The smallest absolute Gasteiger partial charge is 0.306 e. The first-order valence-electron chi connectivity index (χ1n) is 9.96. The van der Waals surface area contributed by atoms with Crippen molar-refractivity contribution in [1.29, 1.82) is 0 Å². The van der Waals surface area contributed by atoms with E-state index in [9.17, 15) is 9.18 Å². The molecule has 2 aromatic heterocycles. The van der Waals surface area contributed by atoms with Gasteiger partial charge in [0.05, 0.1) is 12.2 Å². The zero-order chi connectivity index (χ0) is 21.9. The minimum absolute atomic E-state index is 0.345. The lowest BCUT2D eigenvalue weighted by Gasteiger charge is -2.22. The zero-order valence-electron chi connectivity index (χ0n) is 16.8. The number of hydrogen-bond donors (Lipinski definition) is 1. The predicted octanol–water partition coefficient (Wildman–Crippen LogP) is 4.23. The number of aromatic nitrogens is 3. The number of carbonyl (C=O) groups is 1. The Hall–Kier alpha value is -4.51. The zero-order valence-corrected chi connectivity index (χ0v) is 16.8. The molecule has 2 amide bonds. The molecule has 1 N–H and O–H groups in total. The van der Waals surface area contributed by atoms with Crippen LogP contribution in [0.1, 0.15) is 29.3 Å².